The van der Waals surface area contributed by atoms with E-state index in [1.807, 2.05) is 6.92 Å². The van der Waals surface area contributed by atoms with Gasteiger partial charge in [0.15, 0.2) is 0 Å². The van der Waals surface area contributed by atoms with Crippen LogP contribution in [0, 0.1) is 0 Å². The maximum Gasteiger partial charge on any atom is 0.244 e. The molecule has 0 radical (unpaired) electrons. The number of rotatable bonds is 5. The van der Waals surface area contributed by atoms with Crippen molar-refractivity contribution in [2.75, 3.05) is 0 Å². The lowest BCUT2D eigenvalue weighted by molar-refractivity contribution is -0.120. The fourth-order valence-corrected chi connectivity index (χ4v) is 0.766. The Bertz CT molecular complexity index is 209. The number of hydrogen-bond donors (Lipinski definition) is 2. The van der Waals surface area contributed by atoms with Gasteiger partial charge < -0.3 is 11.5 Å². The van der Waals surface area contributed by atoms with Gasteiger partial charge in [-0.2, -0.15) is 0 Å². The average Bonchev–Trinajstić information content (AvgIpc) is 1.96. The van der Waals surface area contributed by atoms with E-state index in [9.17, 15) is 9.59 Å². The molecule has 0 aliphatic rings. The van der Waals surface area contributed by atoms with Gasteiger partial charge in [0.2, 0.25) is 11.8 Å². The molecule has 2 amide bonds. The molecule has 0 saturated carbocycles. The first kappa shape index (κ1) is 10.7. The molecule has 0 heterocycles. The summed E-state index contributed by atoms with van der Waals surface area (Å²) in [5.74, 6) is -1.10. The first-order chi connectivity index (χ1) is 5.57. The van der Waals surface area contributed by atoms with Gasteiger partial charge in [0, 0.05) is 5.57 Å². The third-order valence-electron chi connectivity index (χ3n) is 1.36. The Balaban J connectivity index is 4.22. The average molecular weight is 170 g/mol. The number of nitrogens with two attached hydrogens (primary N) is 2. The van der Waals surface area contributed by atoms with Gasteiger partial charge in [-0.05, 0) is 6.42 Å². The van der Waals surface area contributed by atoms with Crippen molar-refractivity contribution in [3.63, 3.8) is 0 Å². The van der Waals surface area contributed by atoms with Crippen LogP contribution in [0.5, 0.6) is 0 Å². The Hall–Kier alpha value is -1.32. The fourth-order valence-electron chi connectivity index (χ4n) is 0.766. The number of carbonyl (C=O) groups is 2. The summed E-state index contributed by atoms with van der Waals surface area (Å²) >= 11 is 0. The summed E-state index contributed by atoms with van der Waals surface area (Å²) in [6.07, 6.45) is 3.25. The molecule has 4 heteroatoms. The Morgan fingerprint density at radius 3 is 2.25 bits per heavy atom. The maximum atomic E-state index is 10.7. The van der Waals surface area contributed by atoms with Crippen molar-refractivity contribution >= 4 is 11.8 Å². The van der Waals surface area contributed by atoms with Crippen LogP contribution in [0.4, 0.5) is 0 Å². The molecule has 4 N–H and O–H groups in total. The molecule has 0 aromatic heterocycles. The highest BCUT2D eigenvalue weighted by atomic mass is 16.2. The van der Waals surface area contributed by atoms with Crippen LogP contribution in [-0.2, 0) is 9.59 Å². The van der Waals surface area contributed by atoms with Crippen molar-refractivity contribution in [3.8, 4) is 0 Å². The molecule has 4 nitrogen and oxygen atoms in total. The van der Waals surface area contributed by atoms with Gasteiger partial charge in [-0.3, -0.25) is 9.59 Å². The zero-order chi connectivity index (χ0) is 9.56. The first-order valence-electron chi connectivity index (χ1n) is 3.85. The maximum absolute atomic E-state index is 10.7. The van der Waals surface area contributed by atoms with E-state index in [2.05, 4.69) is 0 Å². The van der Waals surface area contributed by atoms with Crippen LogP contribution in [0.25, 0.3) is 0 Å². The number of amides is 2. The Morgan fingerprint density at radius 2 is 1.92 bits per heavy atom. The predicted molar refractivity (Wildman–Crippen MR) is 46.0 cm³/mol. The number of unbranched alkanes of at least 4 members (excludes halogenated alkanes) is 1. The van der Waals surface area contributed by atoms with Crippen LogP contribution in [0.1, 0.15) is 26.2 Å². The van der Waals surface area contributed by atoms with Crippen molar-refractivity contribution in [2.45, 2.75) is 26.2 Å². The minimum absolute atomic E-state index is 0.0602. The Labute approximate surface area is 71.6 Å². The quantitative estimate of drug-likeness (QED) is 0.572. The van der Waals surface area contributed by atoms with Gasteiger partial charge in [0.25, 0.3) is 0 Å². The summed E-state index contributed by atoms with van der Waals surface area (Å²) in [5.41, 5.74) is 10.2. The molecule has 0 aliphatic heterocycles. The number of carbonyl (C=O) groups excluding carboxylic acids is 2. The van der Waals surface area contributed by atoms with Crippen molar-refractivity contribution in [1.82, 2.24) is 0 Å². The lowest BCUT2D eigenvalue weighted by Crippen LogP contribution is -2.20. The van der Waals surface area contributed by atoms with E-state index in [0.717, 1.165) is 12.8 Å². The third-order valence-corrected chi connectivity index (χ3v) is 1.36. The van der Waals surface area contributed by atoms with Crippen LogP contribution < -0.4 is 11.5 Å². The van der Waals surface area contributed by atoms with Crippen molar-refractivity contribution in [2.24, 2.45) is 11.5 Å². The second kappa shape index (κ2) is 5.35. The minimum Gasteiger partial charge on any atom is -0.369 e. The molecule has 0 saturated heterocycles. The molecular weight excluding hydrogens is 156 g/mol. The van der Waals surface area contributed by atoms with Gasteiger partial charge in [-0.15, -0.1) is 0 Å². The molecule has 0 atom stereocenters. The van der Waals surface area contributed by atoms with Gasteiger partial charge in [-0.1, -0.05) is 19.4 Å². The highest BCUT2D eigenvalue weighted by Crippen LogP contribution is 2.02. The van der Waals surface area contributed by atoms with Crippen LogP contribution in [0.15, 0.2) is 11.6 Å². The van der Waals surface area contributed by atoms with E-state index in [4.69, 9.17) is 11.5 Å². The molecule has 0 unspecified atom stereocenters. The van der Waals surface area contributed by atoms with E-state index in [1.165, 1.54) is 0 Å². The van der Waals surface area contributed by atoms with Crippen molar-refractivity contribution in [1.29, 1.82) is 0 Å². The number of primary amides is 2. The zero-order valence-corrected chi connectivity index (χ0v) is 7.17. The van der Waals surface area contributed by atoms with Crippen LogP contribution in [0.2, 0.25) is 0 Å². The smallest absolute Gasteiger partial charge is 0.244 e. The summed E-state index contributed by atoms with van der Waals surface area (Å²) in [6, 6.07) is 0. The lowest BCUT2D eigenvalue weighted by Gasteiger charge is -1.98. The van der Waals surface area contributed by atoms with Gasteiger partial charge in [0.1, 0.15) is 0 Å². The first-order valence-corrected chi connectivity index (χ1v) is 3.85. The summed E-state index contributed by atoms with van der Waals surface area (Å²) in [5, 5.41) is 0. The molecular formula is C8H14N2O2. The molecule has 12 heavy (non-hydrogen) atoms. The van der Waals surface area contributed by atoms with Gasteiger partial charge in [0.05, 0.1) is 6.42 Å². The van der Waals surface area contributed by atoms with Crippen LogP contribution in [-0.4, -0.2) is 11.8 Å². The number of allylic oxidation sites excluding steroid dienone is 1. The Morgan fingerprint density at radius 1 is 1.33 bits per heavy atom. The summed E-state index contributed by atoms with van der Waals surface area (Å²) < 4.78 is 0. The fraction of sp³-hybridized carbons (Fsp3) is 0.500. The topological polar surface area (TPSA) is 86.2 Å². The normalized spacial score (nSPS) is 11.2. The summed E-state index contributed by atoms with van der Waals surface area (Å²) in [7, 11) is 0. The summed E-state index contributed by atoms with van der Waals surface area (Å²) in [4.78, 5) is 21.1. The van der Waals surface area contributed by atoms with Crippen molar-refractivity contribution < 1.29 is 9.59 Å². The molecule has 0 aromatic carbocycles. The number of hydrogen-bond acceptors (Lipinski definition) is 2. The van der Waals surface area contributed by atoms with Crippen molar-refractivity contribution in [3.05, 3.63) is 11.6 Å². The lowest BCUT2D eigenvalue weighted by atomic mass is 10.1. The Kier molecular flexibility index (Phi) is 4.76. The standard InChI is InChI=1S/C8H14N2O2/c1-2-3-4-6(8(10)12)5-7(9)11/h4H,2-3,5H2,1H3,(H2,9,11)(H2,10,12). The molecule has 0 spiro atoms. The molecule has 0 rings (SSSR count). The highest BCUT2D eigenvalue weighted by Gasteiger charge is 2.06. The van der Waals surface area contributed by atoms with E-state index in [1.54, 1.807) is 6.08 Å². The molecule has 0 aromatic rings. The van der Waals surface area contributed by atoms with Gasteiger partial charge in [-0.25, -0.2) is 0 Å². The molecule has 0 fully saturated rings. The highest BCUT2D eigenvalue weighted by molar-refractivity contribution is 5.97. The minimum atomic E-state index is -0.567. The summed E-state index contributed by atoms with van der Waals surface area (Å²) in [6.45, 7) is 1.97. The second-order valence-corrected chi connectivity index (χ2v) is 2.53. The van der Waals surface area contributed by atoms with E-state index in [-0.39, 0.29) is 6.42 Å². The monoisotopic (exact) mass is 170 g/mol. The van der Waals surface area contributed by atoms with Crippen LogP contribution in [0.3, 0.4) is 0 Å². The predicted octanol–water partition coefficient (Wildman–Crippen LogP) is 0.0736. The molecule has 0 bridgehead atoms. The second-order valence-electron chi connectivity index (χ2n) is 2.53. The van der Waals surface area contributed by atoms with E-state index >= 15 is 0 Å². The van der Waals surface area contributed by atoms with E-state index < -0.39 is 11.8 Å². The van der Waals surface area contributed by atoms with Gasteiger partial charge >= 0.3 is 0 Å². The SMILES string of the molecule is CCCC=C(CC(N)=O)C(N)=O. The van der Waals surface area contributed by atoms with Crippen LogP contribution >= 0.6 is 0 Å². The molecule has 68 valence electrons. The van der Waals surface area contributed by atoms with E-state index in [0.29, 0.717) is 5.57 Å². The largest absolute Gasteiger partial charge is 0.369 e. The zero-order valence-electron chi connectivity index (χ0n) is 7.17. The third kappa shape index (κ3) is 4.49. The molecule has 0 aliphatic carbocycles.